The highest BCUT2D eigenvalue weighted by Crippen LogP contribution is 2.33. The van der Waals surface area contributed by atoms with Crippen molar-refractivity contribution in [3.05, 3.63) is 53.6 Å². The van der Waals surface area contributed by atoms with E-state index >= 15 is 0 Å². The zero-order valence-corrected chi connectivity index (χ0v) is 21.9. The van der Waals surface area contributed by atoms with Gasteiger partial charge in [-0.2, -0.15) is 0 Å². The van der Waals surface area contributed by atoms with Crippen LogP contribution >= 0.6 is 0 Å². The first-order chi connectivity index (χ1) is 18.4. The average Bonchev–Trinajstić information content (AvgIpc) is 2.94. The molecule has 1 fully saturated rings. The number of fused-ring (bicyclic) bond motifs is 1. The molecule has 1 saturated heterocycles. The molecule has 0 aromatic heterocycles. The maximum absolute atomic E-state index is 13.1. The minimum Gasteiger partial charge on any atom is -0.485 e. The van der Waals surface area contributed by atoms with Gasteiger partial charge in [-0.15, -0.1) is 0 Å². The van der Waals surface area contributed by atoms with Gasteiger partial charge in [0.15, 0.2) is 19.0 Å². The number of esters is 1. The average molecular weight is 523 g/mol. The van der Waals surface area contributed by atoms with Gasteiger partial charge in [0.25, 0.3) is 5.91 Å². The second-order valence-corrected chi connectivity index (χ2v) is 9.49. The van der Waals surface area contributed by atoms with Crippen molar-refractivity contribution < 1.29 is 33.4 Å². The molecule has 202 valence electrons. The van der Waals surface area contributed by atoms with Crippen molar-refractivity contribution in [3.63, 3.8) is 0 Å². The summed E-state index contributed by atoms with van der Waals surface area (Å²) in [5, 5.41) is 0. The van der Waals surface area contributed by atoms with Crippen molar-refractivity contribution in [2.45, 2.75) is 39.5 Å². The molecule has 0 aliphatic carbocycles. The summed E-state index contributed by atoms with van der Waals surface area (Å²) in [7, 11) is 0. The Bertz CT molecular complexity index is 1180. The van der Waals surface area contributed by atoms with E-state index in [2.05, 4.69) is 6.92 Å². The lowest BCUT2D eigenvalue weighted by Crippen LogP contribution is -2.49. The van der Waals surface area contributed by atoms with E-state index in [0.717, 1.165) is 12.8 Å². The summed E-state index contributed by atoms with van der Waals surface area (Å²) in [4.78, 5) is 53.9. The molecule has 0 spiro atoms. The predicted octanol–water partition coefficient (Wildman–Crippen LogP) is 3.43. The first-order valence-corrected chi connectivity index (χ1v) is 13.2. The highest BCUT2D eigenvalue weighted by Gasteiger charge is 2.33. The lowest BCUT2D eigenvalue weighted by Gasteiger charge is -2.34. The first kappa shape index (κ1) is 27.2. The number of piperidine rings is 1. The molecular formula is C29H34N2O7. The summed E-state index contributed by atoms with van der Waals surface area (Å²) in [5.74, 6) is -0.561. The summed E-state index contributed by atoms with van der Waals surface area (Å²) in [5.41, 5.74) is 1.92. The molecule has 9 heteroatoms. The maximum Gasteiger partial charge on any atom is 0.310 e. The van der Waals surface area contributed by atoms with Crippen molar-refractivity contribution in [3.8, 4) is 11.5 Å². The molecule has 2 aromatic carbocycles. The number of ether oxygens (including phenoxy) is 3. The fourth-order valence-corrected chi connectivity index (χ4v) is 4.71. The molecule has 2 aliphatic rings. The van der Waals surface area contributed by atoms with Crippen LogP contribution in [-0.2, 0) is 25.5 Å². The Morgan fingerprint density at radius 3 is 2.61 bits per heavy atom. The second kappa shape index (κ2) is 12.6. The predicted molar refractivity (Wildman–Crippen MR) is 140 cm³/mol. The van der Waals surface area contributed by atoms with Gasteiger partial charge in [0.05, 0.1) is 18.2 Å². The molecule has 1 atom stereocenters. The number of hydrogen-bond donors (Lipinski definition) is 0. The van der Waals surface area contributed by atoms with Gasteiger partial charge in [-0.1, -0.05) is 25.5 Å². The SMILES string of the molecule is CCCc1ccc(OCC(=O)c2ccc3c(c2)N(CC(=O)N2CCC[C@H](C(=O)OCC)C2)C(=O)CO3)cc1. The van der Waals surface area contributed by atoms with Gasteiger partial charge in [-0.05, 0) is 62.1 Å². The summed E-state index contributed by atoms with van der Waals surface area (Å²) in [6.45, 7) is 4.36. The summed E-state index contributed by atoms with van der Waals surface area (Å²) >= 11 is 0. The third-order valence-electron chi connectivity index (χ3n) is 6.74. The van der Waals surface area contributed by atoms with Crippen LogP contribution in [0, 0.1) is 5.92 Å². The monoisotopic (exact) mass is 522 g/mol. The van der Waals surface area contributed by atoms with Gasteiger partial charge in [0.1, 0.15) is 18.0 Å². The van der Waals surface area contributed by atoms with Crippen LogP contribution in [0.2, 0.25) is 0 Å². The molecule has 9 nitrogen and oxygen atoms in total. The van der Waals surface area contributed by atoms with Crippen LogP contribution in [0.25, 0.3) is 0 Å². The quantitative estimate of drug-likeness (QED) is 0.348. The maximum atomic E-state index is 13.1. The van der Waals surface area contributed by atoms with Gasteiger partial charge in [0, 0.05) is 18.7 Å². The van der Waals surface area contributed by atoms with Crippen LogP contribution < -0.4 is 14.4 Å². The van der Waals surface area contributed by atoms with E-state index in [1.807, 2.05) is 24.3 Å². The number of aryl methyl sites for hydroxylation is 1. The second-order valence-electron chi connectivity index (χ2n) is 9.49. The summed E-state index contributed by atoms with van der Waals surface area (Å²) in [6.07, 6.45) is 3.39. The molecule has 0 bridgehead atoms. The van der Waals surface area contributed by atoms with Gasteiger partial charge in [0.2, 0.25) is 5.91 Å². The van der Waals surface area contributed by atoms with Gasteiger partial charge < -0.3 is 19.1 Å². The molecule has 2 aliphatic heterocycles. The molecular weight excluding hydrogens is 488 g/mol. The van der Waals surface area contributed by atoms with Crippen LogP contribution in [0.3, 0.4) is 0 Å². The fraction of sp³-hybridized carbons (Fsp3) is 0.448. The number of likely N-dealkylation sites (tertiary alicyclic amines) is 1. The van der Waals surface area contributed by atoms with Crippen molar-refractivity contribution in [2.75, 3.05) is 44.4 Å². The molecule has 4 rings (SSSR count). The number of benzene rings is 2. The smallest absolute Gasteiger partial charge is 0.310 e. The molecule has 0 radical (unpaired) electrons. The summed E-state index contributed by atoms with van der Waals surface area (Å²) < 4.78 is 16.3. The Morgan fingerprint density at radius 1 is 1.08 bits per heavy atom. The largest absolute Gasteiger partial charge is 0.485 e. The minimum atomic E-state index is -0.377. The van der Waals surface area contributed by atoms with E-state index in [-0.39, 0.29) is 55.8 Å². The Balaban J connectivity index is 1.42. The molecule has 0 unspecified atom stereocenters. The highest BCUT2D eigenvalue weighted by atomic mass is 16.5. The molecule has 0 saturated carbocycles. The van der Waals surface area contributed by atoms with Gasteiger partial charge in [-0.3, -0.25) is 24.1 Å². The van der Waals surface area contributed by atoms with Crippen molar-refractivity contribution >= 4 is 29.3 Å². The van der Waals surface area contributed by atoms with Crippen molar-refractivity contribution in [2.24, 2.45) is 5.92 Å². The Labute approximate surface area is 222 Å². The number of rotatable bonds is 10. The standard InChI is InChI=1S/C29H34N2O7/c1-3-6-20-8-11-23(12-9-20)37-18-25(32)21-10-13-26-24(15-21)31(28(34)19-38-26)17-27(33)30-14-5-7-22(16-30)29(35)36-4-2/h8-13,15,22H,3-7,14,16-19H2,1-2H3/t22-/m0/s1. The fourth-order valence-electron chi connectivity index (χ4n) is 4.71. The van der Waals surface area contributed by atoms with Crippen LogP contribution in [-0.4, -0.2) is 67.9 Å². The number of hydrogen-bond acceptors (Lipinski definition) is 7. The van der Waals surface area contributed by atoms with E-state index < -0.39 is 0 Å². The Hall–Kier alpha value is -3.88. The molecule has 0 N–H and O–H groups in total. The number of Topliss-reactive ketones (excluding diaryl/α,β-unsaturated/α-hetero) is 1. The zero-order chi connectivity index (χ0) is 27.1. The van der Waals surface area contributed by atoms with Gasteiger partial charge >= 0.3 is 5.97 Å². The number of carbonyl (C=O) groups is 4. The summed E-state index contributed by atoms with van der Waals surface area (Å²) in [6, 6.07) is 12.5. The number of anilines is 1. The first-order valence-electron chi connectivity index (χ1n) is 13.2. The number of carbonyl (C=O) groups excluding carboxylic acids is 4. The third kappa shape index (κ3) is 6.51. The van der Waals surface area contributed by atoms with E-state index in [1.165, 1.54) is 10.5 Å². The van der Waals surface area contributed by atoms with Crippen molar-refractivity contribution in [1.82, 2.24) is 4.90 Å². The van der Waals surface area contributed by atoms with E-state index in [0.29, 0.717) is 48.7 Å². The van der Waals surface area contributed by atoms with Gasteiger partial charge in [-0.25, -0.2) is 0 Å². The Morgan fingerprint density at radius 2 is 1.87 bits per heavy atom. The Kier molecular flexibility index (Phi) is 8.99. The van der Waals surface area contributed by atoms with Crippen LogP contribution in [0.5, 0.6) is 11.5 Å². The van der Waals surface area contributed by atoms with Crippen molar-refractivity contribution in [1.29, 1.82) is 0 Å². The number of ketones is 1. The topological polar surface area (TPSA) is 102 Å². The molecule has 2 heterocycles. The molecule has 2 amide bonds. The van der Waals surface area contributed by atoms with E-state index in [9.17, 15) is 19.2 Å². The lowest BCUT2D eigenvalue weighted by atomic mass is 9.98. The third-order valence-corrected chi connectivity index (χ3v) is 6.74. The van der Waals surface area contributed by atoms with E-state index in [4.69, 9.17) is 14.2 Å². The van der Waals surface area contributed by atoms with Crippen LogP contribution in [0.4, 0.5) is 5.69 Å². The molecule has 38 heavy (non-hydrogen) atoms. The van der Waals surface area contributed by atoms with E-state index in [1.54, 1.807) is 30.0 Å². The van der Waals surface area contributed by atoms with Crippen LogP contribution in [0.15, 0.2) is 42.5 Å². The number of amides is 2. The highest BCUT2D eigenvalue weighted by molar-refractivity contribution is 6.04. The zero-order valence-electron chi connectivity index (χ0n) is 21.9. The minimum absolute atomic E-state index is 0.164. The van der Waals surface area contributed by atoms with Crippen LogP contribution in [0.1, 0.15) is 49.0 Å². The molecule has 2 aromatic rings. The lowest BCUT2D eigenvalue weighted by molar-refractivity contribution is -0.151. The number of nitrogens with zero attached hydrogens (tertiary/aromatic N) is 2. The normalized spacial score (nSPS) is 16.9.